The molecule has 1 atom stereocenters. The van der Waals surface area contributed by atoms with Crippen molar-refractivity contribution in [3.8, 4) is 0 Å². The van der Waals surface area contributed by atoms with E-state index >= 15 is 0 Å². The lowest BCUT2D eigenvalue weighted by Crippen LogP contribution is -2.29. The van der Waals surface area contributed by atoms with Crippen molar-refractivity contribution in [2.75, 3.05) is 6.54 Å². The Kier molecular flexibility index (Phi) is 4.38. The van der Waals surface area contributed by atoms with Gasteiger partial charge in [0.1, 0.15) is 0 Å². The molecule has 2 rings (SSSR count). The van der Waals surface area contributed by atoms with E-state index in [2.05, 4.69) is 29.1 Å². The fraction of sp³-hybridized carbons (Fsp3) is 0.692. The zero-order valence-electron chi connectivity index (χ0n) is 9.86. The Morgan fingerprint density at radius 1 is 1.44 bits per heavy atom. The Morgan fingerprint density at radius 3 is 2.81 bits per heavy atom. The quantitative estimate of drug-likeness (QED) is 0.846. The number of hydrogen-bond donors (Lipinski definition) is 2. The minimum absolute atomic E-state index is 0.0365. The van der Waals surface area contributed by atoms with Crippen LogP contribution < -0.4 is 5.32 Å². The van der Waals surface area contributed by atoms with Crippen molar-refractivity contribution in [2.45, 2.75) is 44.8 Å². The normalized spacial score (nSPS) is 27.9. The van der Waals surface area contributed by atoms with Crippen molar-refractivity contribution in [1.82, 2.24) is 5.32 Å². The zero-order valence-corrected chi connectivity index (χ0v) is 10.7. The summed E-state index contributed by atoms with van der Waals surface area (Å²) in [7, 11) is 0. The van der Waals surface area contributed by atoms with Crippen LogP contribution in [-0.4, -0.2) is 17.8 Å². The van der Waals surface area contributed by atoms with Crippen LogP contribution in [-0.2, 0) is 0 Å². The summed E-state index contributed by atoms with van der Waals surface area (Å²) < 4.78 is 0. The molecule has 90 valence electrons. The number of thiophene rings is 1. The Morgan fingerprint density at radius 2 is 2.19 bits per heavy atom. The van der Waals surface area contributed by atoms with E-state index in [0.717, 1.165) is 25.3 Å². The number of rotatable bonds is 4. The Balaban J connectivity index is 1.71. The molecular weight excluding hydrogens is 218 g/mol. The van der Waals surface area contributed by atoms with Crippen molar-refractivity contribution in [3.05, 3.63) is 22.4 Å². The van der Waals surface area contributed by atoms with E-state index in [0.29, 0.717) is 6.04 Å². The van der Waals surface area contributed by atoms with Crippen molar-refractivity contribution in [1.29, 1.82) is 0 Å². The van der Waals surface area contributed by atoms with E-state index in [1.54, 1.807) is 11.3 Å². The summed E-state index contributed by atoms with van der Waals surface area (Å²) in [5.41, 5.74) is 1.39. The van der Waals surface area contributed by atoms with Crippen LogP contribution in [0.1, 0.15) is 44.2 Å². The largest absolute Gasteiger partial charge is 0.393 e. The van der Waals surface area contributed by atoms with E-state index in [1.807, 2.05) is 0 Å². The van der Waals surface area contributed by atoms with Gasteiger partial charge in [0.05, 0.1) is 6.10 Å². The fourth-order valence-electron chi connectivity index (χ4n) is 2.33. The van der Waals surface area contributed by atoms with Gasteiger partial charge in [-0.25, -0.2) is 0 Å². The fourth-order valence-corrected chi connectivity index (χ4v) is 3.09. The van der Waals surface area contributed by atoms with E-state index in [4.69, 9.17) is 0 Å². The van der Waals surface area contributed by atoms with Crippen LogP contribution in [0.2, 0.25) is 0 Å². The SMILES string of the molecule is CC(NCC1CCC(O)CC1)c1ccsc1. The van der Waals surface area contributed by atoms with Gasteiger partial charge in [-0.3, -0.25) is 0 Å². The highest BCUT2D eigenvalue weighted by atomic mass is 32.1. The lowest BCUT2D eigenvalue weighted by Gasteiger charge is -2.26. The molecule has 1 fully saturated rings. The maximum absolute atomic E-state index is 9.44. The van der Waals surface area contributed by atoms with Crippen LogP contribution in [0.4, 0.5) is 0 Å². The van der Waals surface area contributed by atoms with E-state index < -0.39 is 0 Å². The molecule has 0 saturated heterocycles. The van der Waals surface area contributed by atoms with E-state index in [-0.39, 0.29) is 6.10 Å². The molecule has 1 aromatic heterocycles. The van der Waals surface area contributed by atoms with Crippen molar-refractivity contribution in [2.24, 2.45) is 5.92 Å². The van der Waals surface area contributed by atoms with Crippen molar-refractivity contribution in [3.63, 3.8) is 0 Å². The Hall–Kier alpha value is -0.380. The average Bonchev–Trinajstić information content (AvgIpc) is 2.81. The third-order valence-corrected chi connectivity index (χ3v) is 4.27. The summed E-state index contributed by atoms with van der Waals surface area (Å²) in [4.78, 5) is 0. The number of aliphatic hydroxyl groups is 1. The highest BCUT2D eigenvalue weighted by Gasteiger charge is 2.19. The third-order valence-electron chi connectivity index (χ3n) is 3.57. The van der Waals surface area contributed by atoms with Gasteiger partial charge in [-0.2, -0.15) is 11.3 Å². The van der Waals surface area contributed by atoms with Gasteiger partial charge in [0.25, 0.3) is 0 Å². The highest BCUT2D eigenvalue weighted by molar-refractivity contribution is 7.07. The summed E-state index contributed by atoms with van der Waals surface area (Å²) in [6.45, 7) is 3.31. The molecule has 1 aliphatic carbocycles. The summed E-state index contributed by atoms with van der Waals surface area (Å²) in [5.74, 6) is 0.754. The van der Waals surface area contributed by atoms with E-state index in [1.165, 1.54) is 18.4 Å². The smallest absolute Gasteiger partial charge is 0.0540 e. The molecule has 0 aliphatic heterocycles. The van der Waals surface area contributed by atoms with Gasteiger partial charge in [-0.05, 0) is 67.5 Å². The predicted molar refractivity (Wildman–Crippen MR) is 68.7 cm³/mol. The van der Waals surface area contributed by atoms with Gasteiger partial charge in [-0.1, -0.05) is 0 Å². The Bertz CT molecular complexity index is 291. The molecule has 0 bridgehead atoms. The molecule has 0 amide bonds. The number of hydrogen-bond acceptors (Lipinski definition) is 3. The summed E-state index contributed by atoms with van der Waals surface area (Å²) in [6.07, 6.45) is 4.28. The molecule has 0 aromatic carbocycles. The van der Waals surface area contributed by atoms with Crippen LogP contribution >= 0.6 is 11.3 Å². The van der Waals surface area contributed by atoms with Crippen LogP contribution in [0.5, 0.6) is 0 Å². The molecule has 0 radical (unpaired) electrons. The molecule has 1 aliphatic rings. The molecule has 2 nitrogen and oxygen atoms in total. The lowest BCUT2D eigenvalue weighted by molar-refractivity contribution is 0.108. The van der Waals surface area contributed by atoms with Crippen LogP contribution in [0.3, 0.4) is 0 Å². The lowest BCUT2D eigenvalue weighted by atomic mass is 9.87. The van der Waals surface area contributed by atoms with Crippen LogP contribution in [0, 0.1) is 5.92 Å². The Labute approximate surface area is 102 Å². The second-order valence-corrected chi connectivity index (χ2v) is 5.64. The first-order valence-corrected chi connectivity index (χ1v) is 7.13. The van der Waals surface area contributed by atoms with Gasteiger partial charge in [0, 0.05) is 6.04 Å². The minimum atomic E-state index is -0.0365. The maximum atomic E-state index is 9.44. The summed E-state index contributed by atoms with van der Waals surface area (Å²) in [6, 6.07) is 2.64. The topological polar surface area (TPSA) is 32.3 Å². The standard InChI is InChI=1S/C13H21NOS/c1-10(12-6-7-16-9-12)14-8-11-2-4-13(15)5-3-11/h6-7,9-11,13-15H,2-5,8H2,1H3. The summed E-state index contributed by atoms with van der Waals surface area (Å²) >= 11 is 1.76. The monoisotopic (exact) mass is 239 g/mol. The zero-order chi connectivity index (χ0) is 11.4. The molecule has 2 N–H and O–H groups in total. The molecule has 0 spiro atoms. The third kappa shape index (κ3) is 3.30. The number of nitrogens with one attached hydrogen (secondary N) is 1. The molecule has 1 unspecified atom stereocenters. The van der Waals surface area contributed by atoms with Gasteiger partial charge < -0.3 is 10.4 Å². The predicted octanol–water partition coefficient (Wildman–Crippen LogP) is 2.95. The highest BCUT2D eigenvalue weighted by Crippen LogP contribution is 2.24. The average molecular weight is 239 g/mol. The van der Waals surface area contributed by atoms with Gasteiger partial charge in [0.2, 0.25) is 0 Å². The molecule has 16 heavy (non-hydrogen) atoms. The first-order chi connectivity index (χ1) is 7.75. The maximum Gasteiger partial charge on any atom is 0.0540 e. The first-order valence-electron chi connectivity index (χ1n) is 6.19. The second kappa shape index (κ2) is 5.80. The van der Waals surface area contributed by atoms with Crippen LogP contribution in [0.15, 0.2) is 16.8 Å². The molecule has 1 aromatic rings. The molecule has 1 saturated carbocycles. The number of aliphatic hydroxyl groups excluding tert-OH is 1. The molecule has 1 heterocycles. The van der Waals surface area contributed by atoms with Crippen molar-refractivity contribution >= 4 is 11.3 Å². The van der Waals surface area contributed by atoms with Gasteiger partial charge in [-0.15, -0.1) is 0 Å². The van der Waals surface area contributed by atoms with Crippen molar-refractivity contribution < 1.29 is 5.11 Å². The first kappa shape index (κ1) is 12.1. The molecule has 3 heteroatoms. The minimum Gasteiger partial charge on any atom is -0.393 e. The van der Waals surface area contributed by atoms with Crippen LogP contribution in [0.25, 0.3) is 0 Å². The van der Waals surface area contributed by atoms with Gasteiger partial charge in [0.15, 0.2) is 0 Å². The van der Waals surface area contributed by atoms with E-state index in [9.17, 15) is 5.11 Å². The molecular formula is C13H21NOS. The van der Waals surface area contributed by atoms with Gasteiger partial charge >= 0.3 is 0 Å². The summed E-state index contributed by atoms with van der Waals surface area (Å²) in [5, 5.41) is 17.4. The second-order valence-electron chi connectivity index (χ2n) is 4.86.